The fourth-order valence-electron chi connectivity index (χ4n) is 2.77. The number of nitrogens with one attached hydrogen (secondary N) is 1. The van der Waals surface area contributed by atoms with Crippen molar-refractivity contribution in [3.8, 4) is 16.9 Å². The summed E-state index contributed by atoms with van der Waals surface area (Å²) in [6.07, 6.45) is 0. The van der Waals surface area contributed by atoms with Crippen molar-refractivity contribution in [3.05, 3.63) is 69.5 Å². The molecule has 0 bridgehead atoms. The monoisotopic (exact) mass is 487 g/mol. The lowest BCUT2D eigenvalue weighted by Gasteiger charge is -2.11. The first-order chi connectivity index (χ1) is 14.4. The molecule has 3 aromatic rings. The molecule has 1 amide bonds. The second-order valence-corrected chi connectivity index (χ2v) is 7.92. The highest BCUT2D eigenvalue weighted by Gasteiger charge is 2.24. The van der Waals surface area contributed by atoms with Crippen molar-refractivity contribution in [1.82, 2.24) is 0 Å². The highest BCUT2D eigenvalue weighted by molar-refractivity contribution is 9.10. The molecule has 1 aromatic heterocycles. The minimum absolute atomic E-state index is 0.143. The number of amides is 1. The number of rotatable bonds is 6. The molecule has 1 heterocycles. The maximum atomic E-state index is 12.9. The third-order valence-electron chi connectivity index (χ3n) is 4.04. The van der Waals surface area contributed by atoms with Gasteiger partial charge in [-0.15, -0.1) is 11.3 Å². The Morgan fingerprint density at radius 1 is 1.07 bits per heavy atom. The lowest BCUT2D eigenvalue weighted by molar-refractivity contribution is -0.131. The molecule has 1 N–H and O–H groups in total. The van der Waals surface area contributed by atoms with Gasteiger partial charge >= 0.3 is 11.9 Å². The highest BCUT2D eigenvalue weighted by atomic mass is 79.9. The maximum absolute atomic E-state index is 12.9. The molecule has 0 radical (unpaired) electrons. The summed E-state index contributed by atoms with van der Waals surface area (Å²) < 4.78 is 11.2. The van der Waals surface area contributed by atoms with Crippen LogP contribution in [0.25, 0.3) is 11.1 Å². The van der Waals surface area contributed by atoms with Gasteiger partial charge in [0.05, 0.1) is 12.2 Å². The summed E-state index contributed by atoms with van der Waals surface area (Å²) in [6, 6.07) is 13.9. The smallest absolute Gasteiger partial charge is 0.341 e. The van der Waals surface area contributed by atoms with Gasteiger partial charge in [-0.05, 0) is 36.8 Å². The van der Waals surface area contributed by atoms with Crippen molar-refractivity contribution in [2.24, 2.45) is 0 Å². The van der Waals surface area contributed by atoms with Gasteiger partial charge in [0, 0.05) is 22.3 Å². The molecule has 0 fully saturated rings. The molecule has 8 heteroatoms. The first-order valence-corrected chi connectivity index (χ1v) is 10.7. The van der Waals surface area contributed by atoms with E-state index >= 15 is 0 Å². The van der Waals surface area contributed by atoms with E-state index in [2.05, 4.69) is 21.2 Å². The number of carbonyl (C=O) groups excluding carboxylic acids is 3. The van der Waals surface area contributed by atoms with Crippen LogP contribution < -0.4 is 10.1 Å². The molecular formula is C22H18BrNO5S. The Balaban J connectivity index is 1.98. The van der Waals surface area contributed by atoms with E-state index in [-0.39, 0.29) is 23.5 Å². The van der Waals surface area contributed by atoms with Gasteiger partial charge in [-0.2, -0.15) is 0 Å². The third kappa shape index (κ3) is 4.95. The molecule has 0 unspecified atom stereocenters. The molecule has 0 saturated heterocycles. The van der Waals surface area contributed by atoms with Crippen LogP contribution >= 0.6 is 27.3 Å². The maximum Gasteiger partial charge on any atom is 0.341 e. The summed E-state index contributed by atoms with van der Waals surface area (Å²) in [4.78, 5) is 36.9. The Morgan fingerprint density at radius 3 is 2.43 bits per heavy atom. The summed E-state index contributed by atoms with van der Waals surface area (Å²) in [7, 11) is 0. The first kappa shape index (κ1) is 21.7. The van der Waals surface area contributed by atoms with E-state index in [0.717, 1.165) is 10.0 Å². The number of benzene rings is 2. The Hall–Kier alpha value is -2.97. The number of halogens is 1. The number of hydrogen-bond donors (Lipinski definition) is 1. The van der Waals surface area contributed by atoms with Crippen molar-refractivity contribution >= 4 is 50.1 Å². The number of esters is 2. The summed E-state index contributed by atoms with van der Waals surface area (Å²) in [5, 5.41) is 4.91. The van der Waals surface area contributed by atoms with Crippen molar-refractivity contribution in [1.29, 1.82) is 0 Å². The van der Waals surface area contributed by atoms with E-state index in [1.165, 1.54) is 24.3 Å². The van der Waals surface area contributed by atoms with Crippen LogP contribution in [0, 0.1) is 0 Å². The van der Waals surface area contributed by atoms with E-state index in [1.807, 2.05) is 24.3 Å². The van der Waals surface area contributed by atoms with Crippen LogP contribution in [0.5, 0.6) is 5.75 Å². The number of anilines is 1. The predicted molar refractivity (Wildman–Crippen MR) is 119 cm³/mol. The van der Waals surface area contributed by atoms with Crippen molar-refractivity contribution in [3.63, 3.8) is 0 Å². The molecule has 30 heavy (non-hydrogen) atoms. The number of ether oxygens (including phenoxy) is 2. The Morgan fingerprint density at radius 2 is 1.77 bits per heavy atom. The number of carbonyl (C=O) groups is 3. The van der Waals surface area contributed by atoms with Gasteiger partial charge in [-0.1, -0.05) is 40.2 Å². The van der Waals surface area contributed by atoms with Gasteiger partial charge < -0.3 is 14.8 Å². The highest BCUT2D eigenvalue weighted by Crippen LogP contribution is 2.37. The van der Waals surface area contributed by atoms with Crippen molar-refractivity contribution in [2.75, 3.05) is 11.9 Å². The molecule has 154 valence electrons. The molecule has 3 rings (SSSR count). The zero-order valence-electron chi connectivity index (χ0n) is 16.2. The number of para-hydroxylation sites is 1. The quantitative estimate of drug-likeness (QED) is 0.365. The minimum atomic E-state index is -0.531. The van der Waals surface area contributed by atoms with Crippen LogP contribution in [-0.4, -0.2) is 24.5 Å². The number of thiophene rings is 1. The molecule has 6 nitrogen and oxygen atoms in total. The average molecular weight is 488 g/mol. The Kier molecular flexibility index (Phi) is 7.02. The second kappa shape index (κ2) is 9.69. The Bertz CT molecular complexity index is 1090. The average Bonchev–Trinajstić information content (AvgIpc) is 3.12. The van der Waals surface area contributed by atoms with Gasteiger partial charge in [-0.25, -0.2) is 4.79 Å². The van der Waals surface area contributed by atoms with Crippen LogP contribution in [0.1, 0.15) is 34.6 Å². The summed E-state index contributed by atoms with van der Waals surface area (Å²) in [5.74, 6) is -1.41. The van der Waals surface area contributed by atoms with E-state index < -0.39 is 17.8 Å². The largest absolute Gasteiger partial charge is 0.462 e. The first-order valence-electron chi connectivity index (χ1n) is 9.04. The van der Waals surface area contributed by atoms with Crippen LogP contribution in [-0.2, 0) is 9.53 Å². The number of hydrogen-bond acceptors (Lipinski definition) is 6. The standard InChI is InChI=1S/C22H18BrNO5S/c1-3-28-22(27)19-17(14-8-10-15(23)11-9-14)12-30-21(19)24-20(26)16-6-4-5-7-18(16)29-13(2)25/h4-12H,3H2,1-2H3,(H,24,26). The van der Waals surface area contributed by atoms with Crippen LogP contribution in [0.3, 0.4) is 0 Å². The minimum Gasteiger partial charge on any atom is -0.462 e. The van der Waals surface area contributed by atoms with Gasteiger partial charge in [0.2, 0.25) is 0 Å². The molecule has 0 spiro atoms. The molecular weight excluding hydrogens is 470 g/mol. The fraction of sp³-hybridized carbons (Fsp3) is 0.136. The van der Waals surface area contributed by atoms with Gasteiger partial charge in [0.25, 0.3) is 5.91 Å². The molecule has 0 aliphatic rings. The second-order valence-electron chi connectivity index (χ2n) is 6.12. The normalized spacial score (nSPS) is 10.4. The summed E-state index contributed by atoms with van der Waals surface area (Å²) >= 11 is 4.62. The topological polar surface area (TPSA) is 81.7 Å². The summed E-state index contributed by atoms with van der Waals surface area (Å²) in [5.41, 5.74) is 1.94. The Labute approximate surface area is 186 Å². The van der Waals surface area contributed by atoms with E-state index in [1.54, 1.807) is 30.5 Å². The summed E-state index contributed by atoms with van der Waals surface area (Å²) in [6.45, 7) is 3.19. The fourth-order valence-corrected chi connectivity index (χ4v) is 3.98. The molecule has 2 aromatic carbocycles. The molecule has 0 aliphatic heterocycles. The predicted octanol–water partition coefficient (Wildman–Crippen LogP) is 5.53. The zero-order valence-corrected chi connectivity index (χ0v) is 18.6. The molecule has 0 saturated carbocycles. The molecule has 0 aliphatic carbocycles. The van der Waals surface area contributed by atoms with E-state index in [0.29, 0.717) is 10.6 Å². The SMILES string of the molecule is CCOC(=O)c1c(-c2ccc(Br)cc2)csc1NC(=O)c1ccccc1OC(C)=O. The molecule has 0 atom stereocenters. The van der Waals surface area contributed by atoms with Crippen molar-refractivity contribution in [2.45, 2.75) is 13.8 Å². The van der Waals surface area contributed by atoms with E-state index in [4.69, 9.17) is 9.47 Å². The van der Waals surface area contributed by atoms with E-state index in [9.17, 15) is 14.4 Å². The van der Waals surface area contributed by atoms with Gasteiger partial charge in [0.1, 0.15) is 16.3 Å². The third-order valence-corrected chi connectivity index (χ3v) is 5.46. The lowest BCUT2D eigenvalue weighted by atomic mass is 10.0. The van der Waals surface area contributed by atoms with Crippen LogP contribution in [0.15, 0.2) is 58.4 Å². The van der Waals surface area contributed by atoms with Gasteiger partial charge in [-0.3, -0.25) is 9.59 Å². The van der Waals surface area contributed by atoms with Crippen LogP contribution in [0.2, 0.25) is 0 Å². The van der Waals surface area contributed by atoms with Gasteiger partial charge in [0.15, 0.2) is 0 Å². The zero-order chi connectivity index (χ0) is 21.7. The van der Waals surface area contributed by atoms with Crippen LogP contribution in [0.4, 0.5) is 5.00 Å². The van der Waals surface area contributed by atoms with Crippen molar-refractivity contribution < 1.29 is 23.9 Å². The lowest BCUT2D eigenvalue weighted by Crippen LogP contribution is -2.16.